The second kappa shape index (κ2) is 6.17. The number of hydrogen-bond acceptors (Lipinski definition) is 4. The van der Waals surface area contributed by atoms with Crippen LogP contribution in [0.15, 0.2) is 23.4 Å². The van der Waals surface area contributed by atoms with Gasteiger partial charge in [-0.3, -0.25) is 4.98 Å². The quantitative estimate of drug-likeness (QED) is 0.915. The molecule has 19 heavy (non-hydrogen) atoms. The molecule has 106 valence electrons. The predicted octanol–water partition coefficient (Wildman–Crippen LogP) is 1.50. The number of aromatic nitrogens is 1. The molecular weight excluding hydrogens is 286 g/mol. The minimum Gasteiger partial charge on any atom is -0.303 e. The second-order valence-corrected chi connectivity index (χ2v) is 6.73. The molecule has 2 rings (SSSR count). The van der Waals surface area contributed by atoms with Gasteiger partial charge in [-0.1, -0.05) is 18.5 Å². The fraction of sp³-hybridized carbons (Fsp3) is 0.583. The number of likely N-dealkylation sites (tertiary alicyclic amines) is 1. The molecule has 0 atom stereocenters. The van der Waals surface area contributed by atoms with Crippen LogP contribution in [0.3, 0.4) is 0 Å². The summed E-state index contributed by atoms with van der Waals surface area (Å²) in [5.41, 5.74) is 0. The maximum Gasteiger partial charge on any atom is 0.243 e. The highest BCUT2D eigenvalue weighted by molar-refractivity contribution is 7.89. The molecule has 5 nitrogen and oxygen atoms in total. The molecule has 1 fully saturated rings. The Morgan fingerprint density at radius 2 is 2.16 bits per heavy atom. The van der Waals surface area contributed by atoms with Crippen molar-refractivity contribution in [1.29, 1.82) is 0 Å². The first-order valence-corrected chi connectivity index (χ1v) is 8.23. The Kier molecular flexibility index (Phi) is 4.78. The Morgan fingerprint density at radius 1 is 1.47 bits per heavy atom. The number of nitrogens with zero attached hydrogens (tertiary/aromatic N) is 2. The summed E-state index contributed by atoms with van der Waals surface area (Å²) in [5.74, 6) is 0. The molecular formula is C12H18ClN3O2S. The predicted molar refractivity (Wildman–Crippen MR) is 74.7 cm³/mol. The van der Waals surface area contributed by atoms with Crippen LogP contribution in [0.2, 0.25) is 5.02 Å². The fourth-order valence-electron chi connectivity index (χ4n) is 2.21. The van der Waals surface area contributed by atoms with E-state index in [1.54, 1.807) is 0 Å². The third kappa shape index (κ3) is 3.66. The van der Waals surface area contributed by atoms with Crippen molar-refractivity contribution in [3.8, 4) is 0 Å². The molecule has 1 aromatic heterocycles. The Bertz CT molecular complexity index is 528. The van der Waals surface area contributed by atoms with Gasteiger partial charge in [-0.2, -0.15) is 0 Å². The van der Waals surface area contributed by atoms with E-state index in [1.807, 2.05) is 0 Å². The molecule has 0 bridgehead atoms. The monoisotopic (exact) mass is 303 g/mol. The molecule has 1 aromatic rings. The van der Waals surface area contributed by atoms with Crippen LogP contribution < -0.4 is 4.72 Å². The van der Waals surface area contributed by atoms with Crippen LogP contribution in [0.25, 0.3) is 0 Å². The summed E-state index contributed by atoms with van der Waals surface area (Å²) in [5, 5.41) is 0.202. The first-order valence-electron chi connectivity index (χ1n) is 6.37. The standard InChI is InChI=1S/C12H18ClN3O2S/c1-2-16-7-4-10(5-8-16)15-19(17,18)12-9-14-6-3-11(12)13/h3,6,9-10,15H,2,4-5,7-8H2,1H3. The van der Waals surface area contributed by atoms with E-state index in [0.717, 1.165) is 32.5 Å². The zero-order chi connectivity index (χ0) is 13.9. The average molecular weight is 304 g/mol. The smallest absolute Gasteiger partial charge is 0.243 e. The molecule has 0 radical (unpaired) electrons. The lowest BCUT2D eigenvalue weighted by Gasteiger charge is -2.31. The third-order valence-electron chi connectivity index (χ3n) is 3.38. The number of sulfonamides is 1. The van der Waals surface area contributed by atoms with Gasteiger partial charge in [0.2, 0.25) is 10.0 Å². The Balaban J connectivity index is 2.05. The van der Waals surface area contributed by atoms with Gasteiger partial charge in [0.15, 0.2) is 0 Å². The van der Waals surface area contributed by atoms with Gasteiger partial charge in [0, 0.05) is 18.4 Å². The van der Waals surface area contributed by atoms with Crippen molar-refractivity contribution in [3.05, 3.63) is 23.5 Å². The summed E-state index contributed by atoms with van der Waals surface area (Å²) in [6.07, 6.45) is 4.41. The summed E-state index contributed by atoms with van der Waals surface area (Å²) < 4.78 is 27.2. The maximum absolute atomic E-state index is 12.2. The number of piperidine rings is 1. The van der Waals surface area contributed by atoms with Crippen LogP contribution in [0.1, 0.15) is 19.8 Å². The van der Waals surface area contributed by atoms with E-state index in [0.29, 0.717) is 0 Å². The Morgan fingerprint density at radius 3 is 2.74 bits per heavy atom. The second-order valence-electron chi connectivity index (χ2n) is 4.64. The van der Waals surface area contributed by atoms with E-state index in [9.17, 15) is 8.42 Å². The maximum atomic E-state index is 12.2. The van der Waals surface area contributed by atoms with E-state index < -0.39 is 10.0 Å². The van der Waals surface area contributed by atoms with Crippen molar-refractivity contribution in [2.24, 2.45) is 0 Å². The van der Waals surface area contributed by atoms with Crippen molar-refractivity contribution in [3.63, 3.8) is 0 Å². The van der Waals surface area contributed by atoms with Gasteiger partial charge >= 0.3 is 0 Å². The third-order valence-corrected chi connectivity index (χ3v) is 5.37. The molecule has 1 saturated heterocycles. The van der Waals surface area contributed by atoms with Gasteiger partial charge in [-0.15, -0.1) is 0 Å². The summed E-state index contributed by atoms with van der Waals surface area (Å²) in [6, 6.07) is 1.46. The van der Waals surface area contributed by atoms with Gasteiger partial charge in [-0.25, -0.2) is 13.1 Å². The van der Waals surface area contributed by atoms with Crippen LogP contribution in [0.4, 0.5) is 0 Å². The summed E-state index contributed by atoms with van der Waals surface area (Å²) >= 11 is 5.90. The summed E-state index contributed by atoms with van der Waals surface area (Å²) in [4.78, 5) is 6.18. The van der Waals surface area contributed by atoms with Gasteiger partial charge in [0.1, 0.15) is 4.90 Å². The van der Waals surface area contributed by atoms with Crippen molar-refractivity contribution in [1.82, 2.24) is 14.6 Å². The van der Waals surface area contributed by atoms with Crippen LogP contribution >= 0.6 is 11.6 Å². The SMILES string of the molecule is CCN1CCC(NS(=O)(=O)c2cnccc2Cl)CC1. The Labute approximate surface area is 119 Å². The van der Waals surface area contributed by atoms with Gasteiger partial charge in [0.05, 0.1) is 5.02 Å². The highest BCUT2D eigenvalue weighted by Crippen LogP contribution is 2.20. The highest BCUT2D eigenvalue weighted by Gasteiger charge is 2.25. The summed E-state index contributed by atoms with van der Waals surface area (Å²) in [7, 11) is -3.58. The van der Waals surface area contributed by atoms with Crippen molar-refractivity contribution in [2.45, 2.75) is 30.7 Å². The molecule has 1 aliphatic heterocycles. The first kappa shape index (κ1) is 14.7. The minimum absolute atomic E-state index is 0.0240. The normalized spacial score (nSPS) is 18.6. The first-order chi connectivity index (χ1) is 9.03. The number of hydrogen-bond donors (Lipinski definition) is 1. The van der Waals surface area contributed by atoms with Crippen molar-refractivity contribution < 1.29 is 8.42 Å². The molecule has 0 aliphatic carbocycles. The van der Waals surface area contributed by atoms with E-state index in [4.69, 9.17) is 11.6 Å². The van der Waals surface area contributed by atoms with Crippen LogP contribution in [0, 0.1) is 0 Å². The molecule has 0 saturated carbocycles. The zero-order valence-corrected chi connectivity index (χ0v) is 12.4. The molecule has 1 aliphatic rings. The number of pyridine rings is 1. The average Bonchev–Trinajstić information content (AvgIpc) is 2.39. The Hall–Kier alpha value is -0.690. The van der Waals surface area contributed by atoms with E-state index in [1.165, 1.54) is 18.5 Å². The molecule has 2 heterocycles. The lowest BCUT2D eigenvalue weighted by molar-refractivity contribution is 0.217. The van der Waals surface area contributed by atoms with Crippen molar-refractivity contribution >= 4 is 21.6 Å². The molecule has 0 aromatic carbocycles. The number of nitrogens with one attached hydrogen (secondary N) is 1. The molecule has 0 spiro atoms. The highest BCUT2D eigenvalue weighted by atomic mass is 35.5. The molecule has 7 heteroatoms. The summed E-state index contributed by atoms with van der Waals surface area (Å²) in [6.45, 7) is 4.96. The molecule has 1 N–H and O–H groups in total. The largest absolute Gasteiger partial charge is 0.303 e. The molecule has 0 amide bonds. The van der Waals surface area contributed by atoms with Crippen LogP contribution in [-0.4, -0.2) is 44.0 Å². The van der Waals surface area contributed by atoms with Gasteiger partial charge in [0.25, 0.3) is 0 Å². The topological polar surface area (TPSA) is 62.3 Å². The lowest BCUT2D eigenvalue weighted by atomic mass is 10.1. The van der Waals surface area contributed by atoms with E-state index in [2.05, 4.69) is 21.5 Å². The fourth-order valence-corrected chi connectivity index (χ4v) is 3.95. The number of rotatable bonds is 4. The lowest BCUT2D eigenvalue weighted by Crippen LogP contribution is -2.44. The van der Waals surface area contributed by atoms with Crippen molar-refractivity contribution in [2.75, 3.05) is 19.6 Å². The van der Waals surface area contributed by atoms with Crippen LogP contribution in [-0.2, 0) is 10.0 Å². The zero-order valence-electron chi connectivity index (χ0n) is 10.8. The van der Waals surface area contributed by atoms with Gasteiger partial charge in [-0.05, 0) is 38.5 Å². The van der Waals surface area contributed by atoms with E-state index in [-0.39, 0.29) is 16.0 Å². The molecule has 0 unspecified atom stereocenters. The minimum atomic E-state index is -3.58. The van der Waals surface area contributed by atoms with Crippen LogP contribution in [0.5, 0.6) is 0 Å². The van der Waals surface area contributed by atoms with Gasteiger partial charge < -0.3 is 4.90 Å². The van der Waals surface area contributed by atoms with E-state index >= 15 is 0 Å². The number of halogens is 1.